The molecule has 0 saturated carbocycles. The highest BCUT2D eigenvalue weighted by atomic mass is 32.1. The topological polar surface area (TPSA) is 76.2 Å². The third-order valence-corrected chi connectivity index (χ3v) is 2.91. The standard InChI is InChI=1S/C10H10N2S.C2HF3O2/c11-6-10-12-9(7-13-10)8-4-2-1-3-5-8;3-2(4,5)1(6)7/h1-5,7H,6,11H2;(H,6,7). The first-order valence-electron chi connectivity index (χ1n) is 5.34. The molecule has 8 heteroatoms. The highest BCUT2D eigenvalue weighted by Gasteiger charge is 2.38. The van der Waals surface area contributed by atoms with Crippen molar-refractivity contribution in [2.75, 3.05) is 0 Å². The molecule has 1 aromatic heterocycles. The lowest BCUT2D eigenvalue weighted by Crippen LogP contribution is -2.21. The Bertz CT molecular complexity index is 555. The van der Waals surface area contributed by atoms with E-state index in [-0.39, 0.29) is 0 Å². The molecule has 0 unspecified atom stereocenters. The van der Waals surface area contributed by atoms with Gasteiger partial charge in [-0.05, 0) is 0 Å². The Morgan fingerprint density at radius 1 is 1.30 bits per heavy atom. The first-order chi connectivity index (χ1) is 9.34. The maximum atomic E-state index is 10.6. The summed E-state index contributed by atoms with van der Waals surface area (Å²) in [6, 6.07) is 10.1. The van der Waals surface area contributed by atoms with Crippen molar-refractivity contribution >= 4 is 17.3 Å². The van der Waals surface area contributed by atoms with Crippen LogP contribution in [0.25, 0.3) is 11.3 Å². The molecule has 0 radical (unpaired) electrons. The van der Waals surface area contributed by atoms with E-state index in [1.807, 2.05) is 23.6 Å². The molecule has 1 aromatic carbocycles. The van der Waals surface area contributed by atoms with E-state index in [4.69, 9.17) is 15.6 Å². The first-order valence-corrected chi connectivity index (χ1v) is 6.22. The minimum absolute atomic E-state index is 0.525. The number of nitrogens with zero attached hydrogens (tertiary/aromatic N) is 1. The third-order valence-electron chi connectivity index (χ3n) is 2.04. The van der Waals surface area contributed by atoms with Crippen molar-refractivity contribution in [2.24, 2.45) is 5.73 Å². The van der Waals surface area contributed by atoms with Gasteiger partial charge in [0, 0.05) is 17.5 Å². The van der Waals surface area contributed by atoms with Gasteiger partial charge in [0.2, 0.25) is 0 Å². The number of hydrogen-bond acceptors (Lipinski definition) is 4. The molecule has 0 aliphatic heterocycles. The van der Waals surface area contributed by atoms with Crippen LogP contribution in [0.1, 0.15) is 5.01 Å². The molecule has 4 nitrogen and oxygen atoms in total. The zero-order chi connectivity index (χ0) is 15.2. The molecule has 0 saturated heterocycles. The van der Waals surface area contributed by atoms with Crippen LogP contribution < -0.4 is 5.73 Å². The Morgan fingerprint density at radius 2 is 1.85 bits per heavy atom. The summed E-state index contributed by atoms with van der Waals surface area (Å²) in [5.74, 6) is -2.76. The van der Waals surface area contributed by atoms with Gasteiger partial charge in [-0.25, -0.2) is 9.78 Å². The molecule has 2 aromatic rings. The lowest BCUT2D eigenvalue weighted by molar-refractivity contribution is -0.192. The fourth-order valence-corrected chi connectivity index (χ4v) is 1.83. The molecule has 0 aliphatic rings. The van der Waals surface area contributed by atoms with Crippen molar-refractivity contribution in [1.29, 1.82) is 0 Å². The first kappa shape index (κ1) is 16.1. The highest BCUT2D eigenvalue weighted by molar-refractivity contribution is 7.09. The summed E-state index contributed by atoms with van der Waals surface area (Å²) in [4.78, 5) is 13.3. The number of nitrogens with two attached hydrogens (primary N) is 1. The van der Waals surface area contributed by atoms with E-state index < -0.39 is 12.1 Å². The summed E-state index contributed by atoms with van der Waals surface area (Å²) >= 11 is 1.61. The third kappa shape index (κ3) is 4.98. The Balaban J connectivity index is 0.000000246. The summed E-state index contributed by atoms with van der Waals surface area (Å²) in [5, 5.41) is 10.1. The number of carboxylic acids is 1. The summed E-state index contributed by atoms with van der Waals surface area (Å²) in [7, 11) is 0. The zero-order valence-electron chi connectivity index (χ0n) is 10.1. The number of carboxylic acid groups (broad SMARTS) is 1. The van der Waals surface area contributed by atoms with Crippen LogP contribution in [-0.2, 0) is 11.3 Å². The predicted molar refractivity (Wildman–Crippen MR) is 69.1 cm³/mol. The van der Waals surface area contributed by atoms with E-state index in [1.54, 1.807) is 11.3 Å². The second-order valence-corrected chi connectivity index (χ2v) is 4.44. The van der Waals surface area contributed by atoms with E-state index in [1.165, 1.54) is 0 Å². The maximum Gasteiger partial charge on any atom is 0.490 e. The van der Waals surface area contributed by atoms with Gasteiger partial charge < -0.3 is 10.8 Å². The van der Waals surface area contributed by atoms with Gasteiger partial charge in [0.25, 0.3) is 0 Å². The quantitative estimate of drug-likeness (QED) is 0.894. The summed E-state index contributed by atoms with van der Waals surface area (Å²) in [6.45, 7) is 0.525. The van der Waals surface area contributed by atoms with Crippen molar-refractivity contribution < 1.29 is 23.1 Å². The molecule has 20 heavy (non-hydrogen) atoms. The summed E-state index contributed by atoms with van der Waals surface area (Å²) in [5.41, 5.74) is 7.66. The second kappa shape index (κ2) is 7.01. The number of aliphatic carboxylic acids is 1. The Morgan fingerprint density at radius 3 is 2.25 bits per heavy atom. The van der Waals surface area contributed by atoms with E-state index in [9.17, 15) is 13.2 Å². The average molecular weight is 304 g/mol. The number of halogens is 3. The molecule has 0 bridgehead atoms. The fourth-order valence-electron chi connectivity index (χ4n) is 1.15. The maximum absolute atomic E-state index is 10.6. The lowest BCUT2D eigenvalue weighted by Gasteiger charge is -1.93. The van der Waals surface area contributed by atoms with Gasteiger partial charge in [0.15, 0.2) is 0 Å². The van der Waals surface area contributed by atoms with Gasteiger partial charge in [0.1, 0.15) is 5.01 Å². The van der Waals surface area contributed by atoms with Gasteiger partial charge in [-0.2, -0.15) is 13.2 Å². The number of benzene rings is 1. The lowest BCUT2D eigenvalue weighted by atomic mass is 10.2. The Labute approximate surface area is 116 Å². The molecule has 0 atom stereocenters. The number of alkyl halides is 3. The SMILES string of the molecule is NCc1nc(-c2ccccc2)cs1.O=C(O)C(F)(F)F. The van der Waals surface area contributed by atoms with Crippen LogP contribution in [0.2, 0.25) is 0 Å². The molecule has 1 heterocycles. The largest absolute Gasteiger partial charge is 0.490 e. The Kier molecular flexibility index (Phi) is 5.66. The molecular weight excluding hydrogens is 293 g/mol. The molecular formula is C12H11F3N2O2S. The van der Waals surface area contributed by atoms with Gasteiger partial charge in [0.05, 0.1) is 5.69 Å². The van der Waals surface area contributed by atoms with E-state index >= 15 is 0 Å². The van der Waals surface area contributed by atoms with E-state index in [0.29, 0.717) is 6.54 Å². The van der Waals surface area contributed by atoms with Crippen LogP contribution in [0.3, 0.4) is 0 Å². The minimum atomic E-state index is -5.08. The predicted octanol–water partition coefficient (Wildman–Crippen LogP) is 2.90. The van der Waals surface area contributed by atoms with Crippen molar-refractivity contribution in [3.8, 4) is 11.3 Å². The minimum Gasteiger partial charge on any atom is -0.475 e. The number of aromatic nitrogens is 1. The van der Waals surface area contributed by atoms with E-state index in [0.717, 1.165) is 16.3 Å². The molecule has 2 rings (SSSR count). The van der Waals surface area contributed by atoms with Crippen LogP contribution in [0.5, 0.6) is 0 Å². The zero-order valence-corrected chi connectivity index (χ0v) is 10.9. The van der Waals surface area contributed by atoms with Crippen molar-refractivity contribution in [2.45, 2.75) is 12.7 Å². The molecule has 0 spiro atoms. The van der Waals surface area contributed by atoms with Crippen LogP contribution in [0.15, 0.2) is 35.7 Å². The van der Waals surface area contributed by atoms with Gasteiger partial charge in [-0.1, -0.05) is 30.3 Å². The van der Waals surface area contributed by atoms with Crippen LogP contribution >= 0.6 is 11.3 Å². The highest BCUT2D eigenvalue weighted by Crippen LogP contribution is 2.20. The molecule has 0 amide bonds. The monoisotopic (exact) mass is 304 g/mol. The summed E-state index contributed by atoms with van der Waals surface area (Å²) in [6.07, 6.45) is -5.08. The smallest absolute Gasteiger partial charge is 0.475 e. The molecule has 0 aliphatic carbocycles. The van der Waals surface area contributed by atoms with Crippen molar-refractivity contribution in [3.63, 3.8) is 0 Å². The number of thiazole rings is 1. The number of carbonyl (C=O) groups is 1. The molecule has 108 valence electrons. The second-order valence-electron chi connectivity index (χ2n) is 3.50. The molecule has 0 fully saturated rings. The Hall–Kier alpha value is -1.93. The van der Waals surface area contributed by atoms with Crippen molar-refractivity contribution in [1.82, 2.24) is 4.98 Å². The average Bonchev–Trinajstić information content (AvgIpc) is 2.88. The van der Waals surface area contributed by atoms with Crippen LogP contribution in [-0.4, -0.2) is 22.2 Å². The van der Waals surface area contributed by atoms with Gasteiger partial charge >= 0.3 is 12.1 Å². The summed E-state index contributed by atoms with van der Waals surface area (Å²) < 4.78 is 31.7. The number of hydrogen-bond donors (Lipinski definition) is 2. The fraction of sp³-hybridized carbons (Fsp3) is 0.167. The molecule has 3 N–H and O–H groups in total. The normalized spacial score (nSPS) is 10.6. The number of rotatable bonds is 2. The van der Waals surface area contributed by atoms with Crippen LogP contribution in [0.4, 0.5) is 13.2 Å². The van der Waals surface area contributed by atoms with Gasteiger partial charge in [-0.15, -0.1) is 11.3 Å². The van der Waals surface area contributed by atoms with E-state index in [2.05, 4.69) is 17.1 Å². The van der Waals surface area contributed by atoms with Crippen LogP contribution in [0, 0.1) is 0 Å². The van der Waals surface area contributed by atoms with Gasteiger partial charge in [-0.3, -0.25) is 0 Å². The van der Waals surface area contributed by atoms with Crippen molar-refractivity contribution in [3.05, 3.63) is 40.7 Å².